The summed E-state index contributed by atoms with van der Waals surface area (Å²) in [5, 5.41) is 11.9. The molecule has 0 bridgehead atoms. The molecule has 2 aromatic carbocycles. The van der Waals surface area contributed by atoms with Crippen LogP contribution in [0.5, 0.6) is 11.5 Å². The predicted octanol–water partition coefficient (Wildman–Crippen LogP) is 2.18. The van der Waals surface area contributed by atoms with Crippen molar-refractivity contribution < 1.29 is 18.7 Å². The van der Waals surface area contributed by atoms with Gasteiger partial charge in [0, 0.05) is 32.3 Å². The summed E-state index contributed by atoms with van der Waals surface area (Å²) >= 11 is 0. The number of rotatable bonds is 7. The summed E-state index contributed by atoms with van der Waals surface area (Å²) in [4.78, 5) is 16.6. The van der Waals surface area contributed by atoms with E-state index in [0.29, 0.717) is 55.7 Å². The quantitative estimate of drug-likeness (QED) is 0.508. The maximum absolute atomic E-state index is 13.2. The molecule has 0 saturated carbocycles. The number of hydrogen-bond donors (Lipinski definition) is 0. The molecule has 0 aliphatic carbocycles. The number of piperazine rings is 1. The largest absolute Gasteiger partial charge is 0.493 e. The summed E-state index contributed by atoms with van der Waals surface area (Å²) in [5.41, 5.74) is 1.55. The van der Waals surface area contributed by atoms with Crippen LogP contribution in [0.1, 0.15) is 11.4 Å². The van der Waals surface area contributed by atoms with Crippen molar-refractivity contribution in [3.05, 3.63) is 65.7 Å². The summed E-state index contributed by atoms with van der Waals surface area (Å²) in [7, 11) is 3.16. The molecule has 2 heterocycles. The Balaban J connectivity index is 1.32. The first-order chi connectivity index (χ1) is 16.1. The second kappa shape index (κ2) is 10.2. The maximum Gasteiger partial charge on any atom is 0.246 e. The lowest BCUT2D eigenvalue weighted by Crippen LogP contribution is -2.48. The molecule has 0 N–H and O–H groups in total. The molecule has 1 amide bonds. The van der Waals surface area contributed by atoms with Crippen LogP contribution < -0.4 is 9.47 Å². The van der Waals surface area contributed by atoms with Gasteiger partial charge >= 0.3 is 0 Å². The van der Waals surface area contributed by atoms with Gasteiger partial charge in [0.05, 0.1) is 26.5 Å². The molecule has 1 aliphatic heterocycles. The minimum absolute atomic E-state index is 0.0411. The van der Waals surface area contributed by atoms with E-state index in [1.54, 1.807) is 49.3 Å². The molecule has 1 saturated heterocycles. The Labute approximate surface area is 191 Å². The molecule has 33 heavy (non-hydrogen) atoms. The molecular formula is C23H25FN6O3. The van der Waals surface area contributed by atoms with Gasteiger partial charge in [0.25, 0.3) is 0 Å². The number of ether oxygens (including phenoxy) is 2. The van der Waals surface area contributed by atoms with Crippen molar-refractivity contribution >= 4 is 12.0 Å². The Hall–Kier alpha value is -3.79. The van der Waals surface area contributed by atoms with E-state index in [1.165, 1.54) is 12.1 Å². The van der Waals surface area contributed by atoms with E-state index in [4.69, 9.17) is 9.47 Å². The lowest BCUT2D eigenvalue weighted by Gasteiger charge is -2.33. The van der Waals surface area contributed by atoms with Crippen LogP contribution in [0.4, 0.5) is 4.39 Å². The molecule has 3 aromatic rings. The Bertz CT molecular complexity index is 1120. The highest BCUT2D eigenvalue weighted by Crippen LogP contribution is 2.28. The van der Waals surface area contributed by atoms with Gasteiger partial charge in [0.15, 0.2) is 17.3 Å². The van der Waals surface area contributed by atoms with Gasteiger partial charge in [-0.25, -0.2) is 4.39 Å². The van der Waals surface area contributed by atoms with E-state index < -0.39 is 0 Å². The molecule has 0 spiro atoms. The molecule has 4 rings (SSSR count). The maximum atomic E-state index is 13.2. The van der Waals surface area contributed by atoms with Crippen LogP contribution in [0.3, 0.4) is 0 Å². The molecular weight excluding hydrogens is 427 g/mol. The number of amides is 1. The normalized spacial score (nSPS) is 14.6. The van der Waals surface area contributed by atoms with E-state index in [0.717, 1.165) is 5.56 Å². The number of aromatic nitrogens is 4. The van der Waals surface area contributed by atoms with Crippen LogP contribution in [0.15, 0.2) is 48.5 Å². The highest BCUT2D eigenvalue weighted by atomic mass is 19.1. The molecule has 0 radical (unpaired) electrons. The summed E-state index contributed by atoms with van der Waals surface area (Å²) < 4.78 is 25.3. The standard InChI is InChI=1S/C23H25FN6O3/c1-32-20-9-3-17(15-21(20)33-2)4-10-23(31)29-13-11-28(12-14-29)16-22-25-26-27-30(22)19-7-5-18(24)6-8-19/h3-10,15H,11-14,16H2,1-2H3/b10-4-. The molecule has 9 nitrogen and oxygen atoms in total. The number of tetrazole rings is 1. The average molecular weight is 452 g/mol. The van der Waals surface area contributed by atoms with Gasteiger partial charge in [-0.3, -0.25) is 9.69 Å². The van der Waals surface area contributed by atoms with Gasteiger partial charge < -0.3 is 14.4 Å². The fourth-order valence-electron chi connectivity index (χ4n) is 3.64. The predicted molar refractivity (Wildman–Crippen MR) is 120 cm³/mol. The second-order valence-corrected chi connectivity index (χ2v) is 7.53. The third-order valence-electron chi connectivity index (χ3n) is 5.48. The van der Waals surface area contributed by atoms with Crippen LogP contribution in [0.2, 0.25) is 0 Å². The molecule has 1 fully saturated rings. The van der Waals surface area contributed by atoms with E-state index >= 15 is 0 Å². The first-order valence-electron chi connectivity index (χ1n) is 10.5. The van der Waals surface area contributed by atoms with Crippen molar-refractivity contribution in [2.75, 3.05) is 40.4 Å². The number of carbonyl (C=O) groups is 1. The summed E-state index contributed by atoms with van der Waals surface area (Å²) in [6, 6.07) is 11.5. The molecule has 1 aliphatic rings. The number of hydrogen-bond acceptors (Lipinski definition) is 7. The Morgan fingerprint density at radius 2 is 1.76 bits per heavy atom. The second-order valence-electron chi connectivity index (χ2n) is 7.53. The summed E-state index contributed by atoms with van der Waals surface area (Å²) in [6.07, 6.45) is 3.35. The van der Waals surface area contributed by atoms with E-state index in [2.05, 4.69) is 20.4 Å². The number of nitrogens with zero attached hydrogens (tertiary/aromatic N) is 6. The Morgan fingerprint density at radius 1 is 1.03 bits per heavy atom. The lowest BCUT2D eigenvalue weighted by molar-refractivity contribution is -0.127. The molecule has 172 valence electrons. The first kappa shape index (κ1) is 22.4. The van der Waals surface area contributed by atoms with E-state index in [-0.39, 0.29) is 11.7 Å². The van der Waals surface area contributed by atoms with Crippen molar-refractivity contribution in [3.63, 3.8) is 0 Å². The number of halogens is 1. The lowest BCUT2D eigenvalue weighted by atomic mass is 10.2. The fourth-order valence-corrected chi connectivity index (χ4v) is 3.64. The third-order valence-corrected chi connectivity index (χ3v) is 5.48. The van der Waals surface area contributed by atoms with Gasteiger partial charge in [0.2, 0.25) is 5.91 Å². The van der Waals surface area contributed by atoms with Gasteiger partial charge in [-0.1, -0.05) is 6.07 Å². The molecule has 10 heteroatoms. The van der Waals surface area contributed by atoms with E-state index in [9.17, 15) is 9.18 Å². The number of carbonyl (C=O) groups excluding carboxylic acids is 1. The topological polar surface area (TPSA) is 85.6 Å². The van der Waals surface area contributed by atoms with Gasteiger partial charge in [-0.05, 0) is 58.5 Å². The van der Waals surface area contributed by atoms with Crippen LogP contribution in [0.25, 0.3) is 11.8 Å². The summed E-state index contributed by atoms with van der Waals surface area (Å²) in [6.45, 7) is 3.15. The van der Waals surface area contributed by atoms with Crippen molar-refractivity contribution in [1.29, 1.82) is 0 Å². The first-order valence-corrected chi connectivity index (χ1v) is 10.5. The van der Waals surface area contributed by atoms with Crippen molar-refractivity contribution in [2.24, 2.45) is 0 Å². The SMILES string of the molecule is COc1ccc(/C=C\C(=O)N2CCN(Cc3nnnn3-c3ccc(F)cc3)CC2)cc1OC. The smallest absolute Gasteiger partial charge is 0.246 e. The van der Waals surface area contributed by atoms with Gasteiger partial charge in [-0.2, -0.15) is 4.68 Å². The minimum Gasteiger partial charge on any atom is -0.493 e. The zero-order valence-electron chi connectivity index (χ0n) is 18.5. The fraction of sp³-hybridized carbons (Fsp3) is 0.304. The van der Waals surface area contributed by atoms with Crippen LogP contribution >= 0.6 is 0 Å². The number of benzene rings is 2. The Kier molecular flexibility index (Phi) is 6.94. The Morgan fingerprint density at radius 3 is 2.45 bits per heavy atom. The van der Waals surface area contributed by atoms with Crippen molar-refractivity contribution in [3.8, 4) is 17.2 Å². The molecule has 0 atom stereocenters. The zero-order valence-corrected chi connectivity index (χ0v) is 18.5. The average Bonchev–Trinajstić information content (AvgIpc) is 3.31. The highest BCUT2D eigenvalue weighted by Gasteiger charge is 2.21. The minimum atomic E-state index is -0.311. The monoisotopic (exact) mass is 452 g/mol. The number of methoxy groups -OCH3 is 2. The third kappa shape index (κ3) is 5.35. The van der Waals surface area contributed by atoms with Crippen molar-refractivity contribution in [1.82, 2.24) is 30.0 Å². The zero-order chi connectivity index (χ0) is 23.2. The van der Waals surface area contributed by atoms with E-state index in [1.807, 2.05) is 17.0 Å². The van der Waals surface area contributed by atoms with Gasteiger partial charge in [-0.15, -0.1) is 5.10 Å². The molecule has 0 unspecified atom stereocenters. The molecule has 1 aromatic heterocycles. The summed E-state index contributed by atoms with van der Waals surface area (Å²) in [5.74, 6) is 1.57. The van der Waals surface area contributed by atoms with Gasteiger partial charge in [0.1, 0.15) is 5.82 Å². The van der Waals surface area contributed by atoms with Crippen LogP contribution in [0, 0.1) is 5.82 Å². The van der Waals surface area contributed by atoms with Crippen LogP contribution in [-0.4, -0.2) is 76.3 Å². The van der Waals surface area contributed by atoms with Crippen LogP contribution in [-0.2, 0) is 11.3 Å². The van der Waals surface area contributed by atoms with Crippen molar-refractivity contribution in [2.45, 2.75) is 6.54 Å². The highest BCUT2D eigenvalue weighted by molar-refractivity contribution is 5.92.